The zero-order chi connectivity index (χ0) is 27.1. The molecule has 3 N–H and O–H groups in total. The maximum absolute atomic E-state index is 14.7. The van der Waals surface area contributed by atoms with Gasteiger partial charge in [-0.15, -0.1) is 0 Å². The molecule has 39 heavy (non-hydrogen) atoms. The molecule has 0 bridgehead atoms. The molecule has 1 spiro atoms. The Bertz CT molecular complexity index is 1420. The van der Waals surface area contributed by atoms with Crippen molar-refractivity contribution in [1.29, 1.82) is 0 Å². The third-order valence-corrected chi connectivity index (χ3v) is 8.03. The number of carbonyl (C=O) groups excluding carboxylic acids is 2. The van der Waals surface area contributed by atoms with Crippen molar-refractivity contribution in [2.75, 3.05) is 18.4 Å². The lowest BCUT2D eigenvalue weighted by molar-refractivity contribution is -0.0308. The van der Waals surface area contributed by atoms with Gasteiger partial charge in [0.2, 0.25) is 0 Å². The number of hydrogen-bond acceptors (Lipinski definition) is 6. The maximum atomic E-state index is 14.7. The molecule has 6 rings (SSSR count). The van der Waals surface area contributed by atoms with Crippen LogP contribution in [0.25, 0.3) is 0 Å². The van der Waals surface area contributed by atoms with Crippen LogP contribution < -0.4 is 10.6 Å². The summed E-state index contributed by atoms with van der Waals surface area (Å²) in [5.41, 5.74) is 0.744. The molecule has 1 fully saturated rings. The summed E-state index contributed by atoms with van der Waals surface area (Å²) in [6.45, 7) is 0.739. The lowest BCUT2D eigenvalue weighted by atomic mass is 9.83. The second kappa shape index (κ2) is 9.92. The summed E-state index contributed by atoms with van der Waals surface area (Å²) in [6, 6.07) is 7.02. The highest BCUT2D eigenvalue weighted by Gasteiger charge is 2.46. The fraction of sp³-hybridized carbons (Fsp3) is 0.407. The number of amides is 3. The van der Waals surface area contributed by atoms with Gasteiger partial charge in [0.25, 0.3) is 0 Å². The largest absolute Gasteiger partial charge is 0.437 e. The Morgan fingerprint density at radius 2 is 2.00 bits per heavy atom. The van der Waals surface area contributed by atoms with E-state index >= 15 is 0 Å². The van der Waals surface area contributed by atoms with Gasteiger partial charge in [0.15, 0.2) is 11.6 Å². The average Bonchev–Trinajstić information content (AvgIpc) is 3.26. The first kappa shape index (κ1) is 25.2. The number of pyridine rings is 1. The lowest BCUT2D eigenvalue weighted by Crippen LogP contribution is -2.52. The normalized spacial score (nSPS) is 21.8. The van der Waals surface area contributed by atoms with E-state index in [2.05, 4.69) is 20.6 Å². The maximum Gasteiger partial charge on any atom is 0.413 e. The standard InChI is InChI=1S/C27H28F2N6O4/c28-20-5-1-3-18(22(20)29)16-6-7-21(24-31-13-17(15-36)35(24)14-16)32-25(37)34-11-8-27(9-12-34)19-4-2-10-30-23(19)33-26(38)39-27/h1-5,10,13,16,21,36H,6-9,11-12,14-15H2,(H,32,37)(H,30,33,38)/t16-,21-/m1/s1. The van der Waals surface area contributed by atoms with E-state index in [1.165, 1.54) is 6.07 Å². The molecule has 2 atom stereocenters. The van der Waals surface area contributed by atoms with Gasteiger partial charge in [-0.2, -0.15) is 0 Å². The molecule has 0 unspecified atom stereocenters. The number of aliphatic hydroxyl groups excluding tert-OH is 1. The highest BCUT2D eigenvalue weighted by atomic mass is 19.2. The van der Waals surface area contributed by atoms with Crippen molar-refractivity contribution in [2.45, 2.75) is 56.4 Å². The van der Waals surface area contributed by atoms with E-state index in [-0.39, 0.29) is 24.1 Å². The van der Waals surface area contributed by atoms with Gasteiger partial charge in [-0.3, -0.25) is 5.32 Å². The SMILES string of the molecule is O=C1Nc2ncccc2C2(CCN(C(=O)N[C@@H]3CC[C@@H](c4cccc(F)c4F)Cn4c(CO)cnc43)CC2)O1. The minimum absolute atomic E-state index is 0.262. The van der Waals surface area contributed by atoms with Gasteiger partial charge in [0, 0.05) is 50.2 Å². The Labute approximate surface area is 223 Å². The van der Waals surface area contributed by atoms with Gasteiger partial charge in [-0.1, -0.05) is 12.1 Å². The number of imidazole rings is 1. The summed E-state index contributed by atoms with van der Waals surface area (Å²) in [7, 11) is 0. The van der Waals surface area contributed by atoms with E-state index in [0.717, 1.165) is 11.6 Å². The molecule has 0 radical (unpaired) electrons. The Balaban J connectivity index is 1.19. The molecule has 10 nitrogen and oxygen atoms in total. The number of anilines is 1. The highest BCUT2D eigenvalue weighted by Crippen LogP contribution is 2.43. The molecule has 3 aromatic rings. The topological polar surface area (TPSA) is 122 Å². The van der Waals surface area contributed by atoms with Crippen LogP contribution in [0.2, 0.25) is 0 Å². The number of likely N-dealkylation sites (tertiary alicyclic amines) is 1. The first-order valence-corrected chi connectivity index (χ1v) is 13.0. The van der Waals surface area contributed by atoms with Crippen LogP contribution >= 0.6 is 0 Å². The van der Waals surface area contributed by atoms with Crippen molar-refractivity contribution < 1.29 is 28.2 Å². The lowest BCUT2D eigenvalue weighted by Gasteiger charge is -2.43. The molecule has 1 saturated heterocycles. The molecule has 3 aliphatic heterocycles. The van der Waals surface area contributed by atoms with E-state index in [4.69, 9.17) is 4.74 Å². The van der Waals surface area contributed by atoms with Crippen molar-refractivity contribution in [3.63, 3.8) is 0 Å². The second-order valence-electron chi connectivity index (χ2n) is 10.2. The molecule has 3 aliphatic rings. The molecular formula is C27H28F2N6O4. The Morgan fingerprint density at radius 1 is 1.18 bits per heavy atom. The number of carbonyl (C=O) groups is 2. The van der Waals surface area contributed by atoms with Crippen molar-refractivity contribution in [1.82, 2.24) is 24.8 Å². The van der Waals surface area contributed by atoms with E-state index in [1.54, 1.807) is 34.0 Å². The number of ether oxygens (including phenoxy) is 1. The molecule has 5 heterocycles. The molecule has 0 saturated carbocycles. The molecule has 12 heteroatoms. The van der Waals surface area contributed by atoms with Crippen LogP contribution in [-0.2, 0) is 23.5 Å². The van der Waals surface area contributed by atoms with Crippen molar-refractivity contribution in [3.05, 3.63) is 77.0 Å². The zero-order valence-corrected chi connectivity index (χ0v) is 21.1. The minimum atomic E-state index is -0.907. The van der Waals surface area contributed by atoms with Crippen LogP contribution in [0.5, 0.6) is 0 Å². The fourth-order valence-electron chi connectivity index (χ4n) is 5.99. The number of nitrogens with one attached hydrogen (secondary N) is 2. The number of nitrogens with zero attached hydrogens (tertiary/aromatic N) is 4. The van der Waals surface area contributed by atoms with Gasteiger partial charge in [0.1, 0.15) is 17.2 Å². The number of rotatable bonds is 3. The molecule has 1 aromatic carbocycles. The number of halogens is 2. The van der Waals surface area contributed by atoms with Crippen molar-refractivity contribution >= 4 is 17.9 Å². The van der Waals surface area contributed by atoms with Crippen molar-refractivity contribution in [2.24, 2.45) is 0 Å². The predicted octanol–water partition coefficient (Wildman–Crippen LogP) is 3.93. The van der Waals surface area contributed by atoms with Gasteiger partial charge in [0.05, 0.1) is 24.5 Å². The van der Waals surface area contributed by atoms with E-state index in [9.17, 15) is 23.5 Å². The number of hydrogen-bond donors (Lipinski definition) is 3. The first-order chi connectivity index (χ1) is 18.9. The summed E-state index contributed by atoms with van der Waals surface area (Å²) < 4.78 is 36.1. The van der Waals surface area contributed by atoms with Crippen molar-refractivity contribution in [3.8, 4) is 0 Å². The molecule has 204 valence electrons. The summed E-state index contributed by atoms with van der Waals surface area (Å²) in [6.07, 6.45) is 4.35. The van der Waals surface area contributed by atoms with Crippen LogP contribution in [0.15, 0.2) is 42.7 Å². The highest BCUT2D eigenvalue weighted by molar-refractivity contribution is 5.87. The van der Waals surface area contributed by atoms with E-state index < -0.39 is 29.4 Å². The Morgan fingerprint density at radius 3 is 2.79 bits per heavy atom. The summed E-state index contributed by atoms with van der Waals surface area (Å²) in [5, 5.41) is 15.6. The van der Waals surface area contributed by atoms with Gasteiger partial charge >= 0.3 is 12.1 Å². The van der Waals surface area contributed by atoms with Crippen LogP contribution in [0.3, 0.4) is 0 Å². The smallest absolute Gasteiger partial charge is 0.413 e. The van der Waals surface area contributed by atoms with E-state index in [0.29, 0.717) is 62.7 Å². The predicted molar refractivity (Wildman–Crippen MR) is 135 cm³/mol. The monoisotopic (exact) mass is 538 g/mol. The van der Waals surface area contributed by atoms with Crippen LogP contribution in [-0.4, -0.2) is 49.8 Å². The summed E-state index contributed by atoms with van der Waals surface area (Å²) in [4.78, 5) is 36.0. The number of aromatic nitrogens is 3. The molecule has 2 aromatic heterocycles. The molecule has 0 aliphatic carbocycles. The number of benzene rings is 1. The quantitative estimate of drug-likeness (QED) is 0.465. The van der Waals surface area contributed by atoms with Crippen LogP contribution in [0, 0.1) is 11.6 Å². The summed E-state index contributed by atoms with van der Waals surface area (Å²) >= 11 is 0. The third-order valence-electron chi connectivity index (χ3n) is 8.03. The molecular weight excluding hydrogens is 510 g/mol. The van der Waals surface area contributed by atoms with E-state index in [1.807, 2.05) is 6.07 Å². The first-order valence-electron chi connectivity index (χ1n) is 13.0. The third kappa shape index (κ3) is 4.48. The number of fused-ring (bicyclic) bond motifs is 3. The minimum Gasteiger partial charge on any atom is -0.437 e. The van der Waals surface area contributed by atoms with Crippen LogP contribution in [0.4, 0.5) is 24.2 Å². The number of piperidine rings is 1. The van der Waals surface area contributed by atoms with Gasteiger partial charge in [-0.25, -0.2) is 28.3 Å². The zero-order valence-electron chi connectivity index (χ0n) is 21.1. The number of aliphatic hydroxyl groups is 1. The van der Waals surface area contributed by atoms with Gasteiger partial charge in [-0.05, 0) is 36.6 Å². The summed E-state index contributed by atoms with van der Waals surface area (Å²) in [5.74, 6) is -1.11. The number of urea groups is 1. The van der Waals surface area contributed by atoms with Gasteiger partial charge < -0.3 is 24.6 Å². The Kier molecular flexibility index (Phi) is 6.42. The van der Waals surface area contributed by atoms with Crippen LogP contribution in [0.1, 0.15) is 60.3 Å². The Hall–Kier alpha value is -4.06. The fourth-order valence-corrected chi connectivity index (χ4v) is 5.99. The molecule has 3 amide bonds. The average molecular weight is 539 g/mol. The second-order valence-corrected chi connectivity index (χ2v) is 10.2.